The predicted octanol–water partition coefficient (Wildman–Crippen LogP) is 0.688. The van der Waals surface area contributed by atoms with Crippen molar-refractivity contribution in [2.75, 3.05) is 29.9 Å². The van der Waals surface area contributed by atoms with Crippen LogP contribution in [-0.4, -0.2) is 32.1 Å². The number of rotatable bonds is 2. The topological polar surface area (TPSA) is 73.4 Å². The molecule has 1 amide bonds. The van der Waals surface area contributed by atoms with Crippen LogP contribution in [0, 0.1) is 11.3 Å². The van der Waals surface area contributed by atoms with Crippen LogP contribution in [0.2, 0.25) is 0 Å². The molecule has 0 saturated carbocycles. The van der Waals surface area contributed by atoms with Gasteiger partial charge >= 0.3 is 0 Å². The minimum Gasteiger partial charge on any atom is -0.357 e. The van der Waals surface area contributed by atoms with Crippen LogP contribution in [0.5, 0.6) is 0 Å². The van der Waals surface area contributed by atoms with Crippen LogP contribution in [0.4, 0.5) is 11.4 Å². The molecule has 0 saturated heterocycles. The molecule has 0 aromatic heterocycles. The highest BCUT2D eigenvalue weighted by Crippen LogP contribution is 2.34. The van der Waals surface area contributed by atoms with Crippen LogP contribution in [0.25, 0.3) is 0 Å². The molecule has 1 aromatic rings. The average Bonchev–Trinajstić information content (AvgIpc) is 2.41. The lowest BCUT2D eigenvalue weighted by Crippen LogP contribution is -2.49. The minimum absolute atomic E-state index is 0.0119. The summed E-state index contributed by atoms with van der Waals surface area (Å²) in [5, 5.41) is 8.93. The van der Waals surface area contributed by atoms with Crippen molar-refractivity contribution in [3.8, 4) is 6.07 Å². The molecule has 94 valence electrons. The molecule has 1 aliphatic heterocycles. The highest BCUT2D eigenvalue weighted by molar-refractivity contribution is 6.03. The van der Waals surface area contributed by atoms with E-state index in [0.29, 0.717) is 18.7 Å². The van der Waals surface area contributed by atoms with Gasteiger partial charge in [0.25, 0.3) is 0 Å². The van der Waals surface area contributed by atoms with E-state index in [9.17, 15) is 4.79 Å². The van der Waals surface area contributed by atoms with Crippen molar-refractivity contribution in [3.05, 3.63) is 23.8 Å². The molecule has 2 rings (SSSR count). The number of carbonyl (C=O) groups is 1. The van der Waals surface area contributed by atoms with Crippen molar-refractivity contribution in [1.29, 1.82) is 5.26 Å². The third kappa shape index (κ3) is 1.91. The first-order valence-electron chi connectivity index (χ1n) is 5.86. The van der Waals surface area contributed by atoms with Gasteiger partial charge in [-0.15, -0.1) is 0 Å². The molecular weight excluding hydrogens is 228 g/mol. The summed E-state index contributed by atoms with van der Waals surface area (Å²) in [4.78, 5) is 15.5. The van der Waals surface area contributed by atoms with Gasteiger partial charge in [-0.2, -0.15) is 5.26 Å². The van der Waals surface area contributed by atoms with E-state index in [2.05, 4.69) is 6.07 Å². The van der Waals surface area contributed by atoms with E-state index in [0.717, 1.165) is 11.4 Å². The van der Waals surface area contributed by atoms with Gasteiger partial charge in [-0.25, -0.2) is 0 Å². The fourth-order valence-corrected chi connectivity index (χ4v) is 2.10. The van der Waals surface area contributed by atoms with Crippen LogP contribution < -0.4 is 15.5 Å². The van der Waals surface area contributed by atoms with Crippen molar-refractivity contribution in [3.63, 3.8) is 0 Å². The first-order chi connectivity index (χ1) is 8.58. The fourth-order valence-electron chi connectivity index (χ4n) is 2.10. The molecule has 1 heterocycles. The number of anilines is 2. The summed E-state index contributed by atoms with van der Waals surface area (Å²) < 4.78 is 0. The molecule has 1 unspecified atom stereocenters. The average molecular weight is 244 g/mol. The summed E-state index contributed by atoms with van der Waals surface area (Å²) in [5.74, 6) is 0.0119. The molecular formula is C13H16N4O. The number of benzene rings is 1. The van der Waals surface area contributed by atoms with E-state index < -0.39 is 0 Å². The zero-order valence-electron chi connectivity index (χ0n) is 10.6. The molecule has 0 bridgehead atoms. The van der Waals surface area contributed by atoms with Gasteiger partial charge < -0.3 is 15.5 Å². The molecule has 0 fully saturated rings. The number of fused-ring (bicyclic) bond motifs is 1. The number of hydrogen-bond acceptors (Lipinski definition) is 4. The Bertz CT molecular complexity index is 520. The summed E-state index contributed by atoms with van der Waals surface area (Å²) >= 11 is 0. The monoisotopic (exact) mass is 244 g/mol. The molecule has 2 N–H and O–H groups in total. The predicted molar refractivity (Wildman–Crippen MR) is 70.4 cm³/mol. The van der Waals surface area contributed by atoms with Gasteiger partial charge in [0.2, 0.25) is 5.91 Å². The maximum atomic E-state index is 11.9. The Kier molecular flexibility index (Phi) is 3.21. The number of nitrogens with zero attached hydrogens (tertiary/aromatic N) is 3. The Morgan fingerprint density at radius 1 is 1.50 bits per heavy atom. The van der Waals surface area contributed by atoms with Gasteiger partial charge in [0.15, 0.2) is 0 Å². The Labute approximate surface area is 106 Å². The lowest BCUT2D eigenvalue weighted by Gasteiger charge is -2.38. The molecule has 5 heteroatoms. The molecule has 1 aliphatic rings. The maximum absolute atomic E-state index is 11.9. The number of likely N-dealkylation sites (N-methyl/N-ethyl adjacent to an activating group) is 1. The number of carbonyl (C=O) groups excluding carboxylic acids is 1. The van der Waals surface area contributed by atoms with Crippen molar-refractivity contribution in [1.82, 2.24) is 0 Å². The Morgan fingerprint density at radius 3 is 2.83 bits per heavy atom. The first-order valence-corrected chi connectivity index (χ1v) is 5.86. The number of nitrogens with two attached hydrogens (primary N) is 1. The summed E-state index contributed by atoms with van der Waals surface area (Å²) in [6.45, 7) is 2.80. The van der Waals surface area contributed by atoms with E-state index in [1.54, 1.807) is 24.1 Å². The first kappa shape index (κ1) is 12.4. The van der Waals surface area contributed by atoms with E-state index >= 15 is 0 Å². The minimum atomic E-state index is 0.0119. The molecule has 0 radical (unpaired) electrons. The Morgan fingerprint density at radius 2 is 2.22 bits per heavy atom. The quantitative estimate of drug-likeness (QED) is 0.830. The van der Waals surface area contributed by atoms with Crippen LogP contribution >= 0.6 is 0 Å². The smallest absolute Gasteiger partial charge is 0.246 e. The summed E-state index contributed by atoms with van der Waals surface area (Å²) in [6, 6.07) is 7.56. The Balaban J connectivity index is 2.52. The van der Waals surface area contributed by atoms with Crippen molar-refractivity contribution in [2.24, 2.45) is 5.73 Å². The zero-order chi connectivity index (χ0) is 13.3. The third-order valence-corrected chi connectivity index (χ3v) is 3.33. The van der Waals surface area contributed by atoms with E-state index in [1.807, 2.05) is 17.9 Å². The van der Waals surface area contributed by atoms with E-state index in [4.69, 9.17) is 11.0 Å². The van der Waals surface area contributed by atoms with Crippen LogP contribution in [0.15, 0.2) is 18.2 Å². The van der Waals surface area contributed by atoms with Gasteiger partial charge in [0.05, 0.1) is 29.6 Å². The van der Waals surface area contributed by atoms with E-state index in [-0.39, 0.29) is 11.9 Å². The molecule has 1 atom stereocenters. The van der Waals surface area contributed by atoms with Gasteiger partial charge in [-0.05, 0) is 25.1 Å². The lowest BCUT2D eigenvalue weighted by molar-refractivity contribution is -0.117. The number of hydrogen-bond donors (Lipinski definition) is 1. The van der Waals surface area contributed by atoms with Crippen molar-refractivity contribution < 1.29 is 4.79 Å². The van der Waals surface area contributed by atoms with Gasteiger partial charge in [0, 0.05) is 19.6 Å². The molecule has 0 aliphatic carbocycles. The van der Waals surface area contributed by atoms with Crippen molar-refractivity contribution in [2.45, 2.75) is 13.0 Å². The second kappa shape index (κ2) is 4.67. The van der Waals surface area contributed by atoms with Gasteiger partial charge in [-0.1, -0.05) is 0 Å². The number of nitriles is 1. The largest absolute Gasteiger partial charge is 0.357 e. The highest BCUT2D eigenvalue weighted by atomic mass is 16.2. The fraction of sp³-hybridized carbons (Fsp3) is 0.385. The Hall–Kier alpha value is -2.06. The zero-order valence-corrected chi connectivity index (χ0v) is 10.6. The summed E-state index contributed by atoms with van der Waals surface area (Å²) in [7, 11) is 1.73. The SMILES string of the molecule is CC(CN)N1CC(=O)N(C)c2cc(C#N)ccc21. The van der Waals surface area contributed by atoms with E-state index in [1.165, 1.54) is 0 Å². The van der Waals surface area contributed by atoms with Crippen LogP contribution in [0.3, 0.4) is 0 Å². The second-order valence-electron chi connectivity index (χ2n) is 4.48. The second-order valence-corrected chi connectivity index (χ2v) is 4.48. The standard InChI is InChI=1S/C13H16N4O/c1-9(6-14)17-8-13(18)16(2)12-5-10(7-15)3-4-11(12)17/h3-5,9H,6,8,14H2,1-2H3. The van der Waals surface area contributed by atoms with Crippen LogP contribution in [0.1, 0.15) is 12.5 Å². The van der Waals surface area contributed by atoms with Crippen LogP contribution in [-0.2, 0) is 4.79 Å². The molecule has 1 aromatic carbocycles. The normalized spacial score (nSPS) is 16.2. The highest BCUT2D eigenvalue weighted by Gasteiger charge is 2.29. The summed E-state index contributed by atoms with van der Waals surface area (Å²) in [5.41, 5.74) is 7.95. The molecule has 0 spiro atoms. The number of amides is 1. The van der Waals surface area contributed by atoms with Crippen molar-refractivity contribution >= 4 is 17.3 Å². The third-order valence-electron chi connectivity index (χ3n) is 3.33. The lowest BCUT2D eigenvalue weighted by atomic mass is 10.1. The maximum Gasteiger partial charge on any atom is 0.246 e. The molecule has 5 nitrogen and oxygen atoms in total. The summed E-state index contributed by atoms with van der Waals surface area (Å²) in [6.07, 6.45) is 0. The molecule has 18 heavy (non-hydrogen) atoms. The van der Waals surface area contributed by atoms with Gasteiger partial charge in [-0.3, -0.25) is 4.79 Å². The van der Waals surface area contributed by atoms with Gasteiger partial charge in [0.1, 0.15) is 0 Å².